The van der Waals surface area contributed by atoms with E-state index < -0.39 is 31.9 Å². The van der Waals surface area contributed by atoms with E-state index >= 15 is 0 Å². The minimum atomic E-state index is -1.85. The number of hydrogen-bond acceptors (Lipinski definition) is 6. The molecule has 0 aliphatic carbocycles. The summed E-state index contributed by atoms with van der Waals surface area (Å²) >= 11 is 1.55. The molecule has 0 radical (unpaired) electrons. The number of nitrogens with two attached hydrogens (primary N) is 1. The lowest BCUT2D eigenvalue weighted by atomic mass is 10.2. The molecule has 0 saturated carbocycles. The number of rotatable bonds is 4. The van der Waals surface area contributed by atoms with Gasteiger partial charge in [0.15, 0.2) is 20.0 Å². The molecule has 9 heteroatoms. The summed E-state index contributed by atoms with van der Waals surface area (Å²) in [6, 6.07) is 0. The third-order valence-corrected chi connectivity index (χ3v) is 9.96. The van der Waals surface area contributed by atoms with Crippen molar-refractivity contribution in [1.82, 2.24) is 9.55 Å². The molecule has 1 aliphatic rings. The van der Waals surface area contributed by atoms with Gasteiger partial charge in [0.2, 0.25) is 0 Å². The van der Waals surface area contributed by atoms with Crippen LogP contribution >= 0.6 is 11.8 Å². The van der Waals surface area contributed by atoms with Crippen molar-refractivity contribution in [3.8, 4) is 0 Å². The topological polar surface area (TPSA) is 79.4 Å². The summed E-state index contributed by atoms with van der Waals surface area (Å²) in [7, 11) is -1.85. The van der Waals surface area contributed by atoms with Gasteiger partial charge in [-0.1, -0.05) is 20.8 Å². The van der Waals surface area contributed by atoms with Crippen molar-refractivity contribution in [2.75, 3.05) is 18.1 Å². The molecule has 0 bridgehead atoms. The Morgan fingerprint density at radius 1 is 1.57 bits per heavy atom. The van der Waals surface area contributed by atoms with Crippen LogP contribution in [-0.2, 0) is 9.16 Å². The molecule has 1 fully saturated rings. The van der Waals surface area contributed by atoms with Crippen molar-refractivity contribution >= 4 is 25.9 Å². The van der Waals surface area contributed by atoms with Gasteiger partial charge in [-0.2, -0.15) is 4.98 Å². The second-order valence-corrected chi connectivity index (χ2v) is 13.1. The Hall–Kier alpha value is -0.903. The largest absolute Gasteiger partial charge is 0.413 e. The zero-order valence-electron chi connectivity index (χ0n) is 14.1. The lowest BCUT2D eigenvalue weighted by molar-refractivity contribution is -0.00459. The maximum absolute atomic E-state index is 13.5. The molecule has 1 aromatic heterocycles. The highest BCUT2D eigenvalue weighted by Crippen LogP contribution is 2.38. The summed E-state index contributed by atoms with van der Waals surface area (Å²) < 4.78 is 26.6. The van der Waals surface area contributed by atoms with Crippen molar-refractivity contribution in [2.45, 2.75) is 50.6 Å². The molecule has 2 N–H and O–H groups in total. The van der Waals surface area contributed by atoms with E-state index in [2.05, 4.69) is 38.8 Å². The summed E-state index contributed by atoms with van der Waals surface area (Å²) in [5.74, 6) is -0.579. The molecule has 1 aliphatic heterocycles. The second-order valence-electron chi connectivity index (χ2n) is 7.09. The van der Waals surface area contributed by atoms with Gasteiger partial charge in [0.1, 0.15) is 11.7 Å². The maximum Gasteiger partial charge on any atom is 0.351 e. The molecule has 23 heavy (non-hydrogen) atoms. The monoisotopic (exact) mass is 361 g/mol. The van der Waals surface area contributed by atoms with Gasteiger partial charge in [-0.05, 0) is 18.1 Å². The minimum absolute atomic E-state index is 0.122. The predicted octanol–water partition coefficient (Wildman–Crippen LogP) is 2.57. The first-order chi connectivity index (χ1) is 10.5. The number of ether oxygens (including phenoxy) is 1. The Balaban J connectivity index is 2.00. The Morgan fingerprint density at radius 3 is 2.83 bits per heavy atom. The van der Waals surface area contributed by atoms with Crippen LogP contribution < -0.4 is 11.4 Å². The maximum atomic E-state index is 13.5. The molecule has 0 spiro atoms. The molecule has 1 unspecified atom stereocenters. The van der Waals surface area contributed by atoms with E-state index in [9.17, 15) is 9.18 Å². The Labute approximate surface area is 140 Å². The summed E-state index contributed by atoms with van der Waals surface area (Å²) in [5.41, 5.74) is 4.50. The standard InChI is InChI=1S/C14H24FN3O3SSi/c1-14(2,3)23(4,5)20-7-11-21-10(8-22-11)18-6-9(15)12(16)17-13(18)19/h6,10-11H,7-8H2,1-5H3,(H2,16,17,19)/t10-,11?/m0/s1. The molecule has 2 heterocycles. The van der Waals surface area contributed by atoms with Gasteiger partial charge in [0.05, 0.1) is 12.8 Å². The zero-order chi connectivity index (χ0) is 17.4. The first-order valence-electron chi connectivity index (χ1n) is 7.46. The summed E-state index contributed by atoms with van der Waals surface area (Å²) in [6.07, 6.45) is 0.496. The van der Waals surface area contributed by atoms with Gasteiger partial charge in [0, 0.05) is 5.75 Å². The van der Waals surface area contributed by atoms with Crippen molar-refractivity contribution in [2.24, 2.45) is 0 Å². The summed E-state index contributed by atoms with van der Waals surface area (Å²) in [6.45, 7) is 11.3. The highest BCUT2D eigenvalue weighted by molar-refractivity contribution is 8.00. The van der Waals surface area contributed by atoms with E-state index in [1.807, 2.05) is 0 Å². The van der Waals surface area contributed by atoms with E-state index in [-0.39, 0.29) is 10.5 Å². The predicted molar refractivity (Wildman–Crippen MR) is 92.4 cm³/mol. The number of nitrogen functional groups attached to an aromatic ring is 1. The number of aromatic nitrogens is 2. The van der Waals surface area contributed by atoms with Crippen molar-refractivity contribution in [3.05, 3.63) is 22.5 Å². The minimum Gasteiger partial charge on any atom is -0.413 e. The summed E-state index contributed by atoms with van der Waals surface area (Å²) in [4.78, 5) is 15.3. The van der Waals surface area contributed by atoms with E-state index in [0.717, 1.165) is 10.8 Å². The molecular weight excluding hydrogens is 337 g/mol. The lowest BCUT2D eigenvalue weighted by Crippen LogP contribution is -2.42. The molecule has 0 aromatic carbocycles. The van der Waals surface area contributed by atoms with Crippen LogP contribution in [0.4, 0.5) is 10.2 Å². The molecule has 2 atom stereocenters. The third kappa shape index (κ3) is 4.14. The quantitative estimate of drug-likeness (QED) is 0.831. The Morgan fingerprint density at radius 2 is 2.22 bits per heavy atom. The van der Waals surface area contributed by atoms with Crippen LogP contribution in [0.25, 0.3) is 0 Å². The van der Waals surface area contributed by atoms with Gasteiger partial charge in [-0.15, -0.1) is 11.8 Å². The van der Waals surface area contributed by atoms with Crippen LogP contribution in [0.1, 0.15) is 27.0 Å². The lowest BCUT2D eigenvalue weighted by Gasteiger charge is -2.36. The van der Waals surface area contributed by atoms with E-state index in [4.69, 9.17) is 14.9 Å². The fourth-order valence-electron chi connectivity index (χ4n) is 1.83. The van der Waals surface area contributed by atoms with Gasteiger partial charge < -0.3 is 14.9 Å². The first-order valence-corrected chi connectivity index (χ1v) is 11.4. The fraction of sp³-hybridized carbons (Fsp3) is 0.714. The zero-order valence-corrected chi connectivity index (χ0v) is 15.9. The van der Waals surface area contributed by atoms with Crippen molar-refractivity contribution in [3.63, 3.8) is 0 Å². The van der Waals surface area contributed by atoms with E-state index in [0.29, 0.717) is 12.4 Å². The van der Waals surface area contributed by atoms with Crippen LogP contribution in [0, 0.1) is 5.82 Å². The van der Waals surface area contributed by atoms with E-state index in [1.54, 1.807) is 11.8 Å². The summed E-state index contributed by atoms with van der Waals surface area (Å²) in [5, 5.41) is 0.122. The Bertz CT molecular complexity index is 633. The normalized spacial score (nSPS) is 22.5. The van der Waals surface area contributed by atoms with Gasteiger partial charge in [-0.25, -0.2) is 9.18 Å². The molecule has 1 saturated heterocycles. The SMILES string of the molecule is CC(C)(C)[Si](C)(C)OCC1O[C@H](n2cc(F)c(N)nc2=O)CS1. The van der Waals surface area contributed by atoms with Crippen LogP contribution in [0.3, 0.4) is 0 Å². The van der Waals surface area contributed by atoms with Crippen LogP contribution in [-0.4, -0.2) is 35.7 Å². The third-order valence-electron chi connectivity index (χ3n) is 4.36. The van der Waals surface area contributed by atoms with Gasteiger partial charge in [-0.3, -0.25) is 4.57 Å². The van der Waals surface area contributed by atoms with Crippen LogP contribution in [0.5, 0.6) is 0 Å². The number of halogens is 1. The number of thioether (sulfide) groups is 1. The molecule has 6 nitrogen and oxygen atoms in total. The molecule has 0 amide bonds. The molecule has 2 rings (SSSR count). The molecular formula is C14H24FN3O3SSi. The average Bonchev–Trinajstić information content (AvgIpc) is 2.88. The highest BCUT2D eigenvalue weighted by Gasteiger charge is 2.39. The van der Waals surface area contributed by atoms with Crippen molar-refractivity contribution < 1.29 is 13.6 Å². The average molecular weight is 362 g/mol. The van der Waals surface area contributed by atoms with Crippen molar-refractivity contribution in [1.29, 1.82) is 0 Å². The number of hydrogen-bond donors (Lipinski definition) is 1. The van der Waals surface area contributed by atoms with E-state index in [1.165, 1.54) is 0 Å². The fourth-order valence-corrected chi connectivity index (χ4v) is 3.94. The highest BCUT2D eigenvalue weighted by atomic mass is 32.2. The molecule has 130 valence electrons. The van der Waals surface area contributed by atoms with Crippen LogP contribution in [0.2, 0.25) is 18.1 Å². The van der Waals surface area contributed by atoms with Crippen LogP contribution in [0.15, 0.2) is 11.0 Å². The van der Waals surface area contributed by atoms with Gasteiger partial charge in [0.25, 0.3) is 0 Å². The Kier molecular flexibility index (Phi) is 5.24. The smallest absolute Gasteiger partial charge is 0.351 e. The second kappa shape index (κ2) is 6.54. The number of nitrogens with zero attached hydrogens (tertiary/aromatic N) is 2. The van der Waals surface area contributed by atoms with Gasteiger partial charge >= 0.3 is 5.69 Å². The molecule has 1 aromatic rings. The number of anilines is 1. The first kappa shape index (κ1) is 18.4.